The number of carbonyl (C=O) groups is 1. The molecule has 2 heterocycles. The number of aliphatic hydroxyl groups excluding tert-OH is 1. The molecule has 1 aliphatic carbocycles. The molecule has 0 aromatic heterocycles. The summed E-state index contributed by atoms with van der Waals surface area (Å²) in [4.78, 5) is 13.8. The Hall–Kier alpha value is -0.770. The molecular formula is C12H19NO3. The minimum atomic E-state index is -0.216. The molecule has 3 aliphatic rings. The van der Waals surface area contributed by atoms with Gasteiger partial charge in [0.2, 0.25) is 0 Å². The summed E-state index contributed by atoms with van der Waals surface area (Å²) in [5.41, 5.74) is 0. The van der Waals surface area contributed by atoms with Crippen LogP contribution in [0.15, 0.2) is 0 Å². The van der Waals surface area contributed by atoms with Gasteiger partial charge in [0.1, 0.15) is 0 Å². The fourth-order valence-corrected chi connectivity index (χ4v) is 3.86. The van der Waals surface area contributed by atoms with Crippen molar-refractivity contribution in [1.29, 1.82) is 0 Å². The van der Waals surface area contributed by atoms with E-state index in [2.05, 4.69) is 0 Å². The minimum Gasteiger partial charge on any atom is -0.450 e. The Bertz CT molecular complexity index is 287. The Labute approximate surface area is 95.6 Å². The standard InChI is InChI=1S/C12H19NO3/c1-2-16-12(15)13-10-5-7(14)6-11(13)9-4-3-8(9)10/h7-11,14H,2-6H2,1H3/t7?,8-,9?,10?,11?/m0/s1. The molecule has 1 N–H and O–H groups in total. The summed E-state index contributed by atoms with van der Waals surface area (Å²) in [6.45, 7) is 2.28. The maximum atomic E-state index is 11.9. The maximum Gasteiger partial charge on any atom is 0.410 e. The molecule has 0 spiro atoms. The van der Waals surface area contributed by atoms with Crippen molar-refractivity contribution in [3.8, 4) is 0 Å². The van der Waals surface area contributed by atoms with Gasteiger partial charge >= 0.3 is 6.09 Å². The quantitative estimate of drug-likeness (QED) is 0.733. The van der Waals surface area contributed by atoms with Crippen molar-refractivity contribution in [3.05, 3.63) is 0 Å². The van der Waals surface area contributed by atoms with E-state index in [1.54, 1.807) is 0 Å². The van der Waals surface area contributed by atoms with Crippen molar-refractivity contribution in [2.45, 2.75) is 50.8 Å². The number of ether oxygens (including phenoxy) is 1. The zero-order valence-electron chi connectivity index (χ0n) is 9.63. The third kappa shape index (κ3) is 1.29. The average Bonchev–Trinajstić information content (AvgIpc) is 2.27. The van der Waals surface area contributed by atoms with Crippen LogP contribution in [0.3, 0.4) is 0 Å². The molecule has 0 aromatic rings. The molecule has 1 saturated carbocycles. The second-order valence-electron chi connectivity index (χ2n) is 5.27. The smallest absolute Gasteiger partial charge is 0.410 e. The number of hydrogen-bond acceptors (Lipinski definition) is 3. The van der Waals surface area contributed by atoms with Crippen LogP contribution in [0.5, 0.6) is 0 Å². The largest absolute Gasteiger partial charge is 0.450 e. The lowest BCUT2D eigenvalue weighted by Crippen LogP contribution is -2.49. The zero-order valence-corrected chi connectivity index (χ0v) is 9.63. The summed E-state index contributed by atoms with van der Waals surface area (Å²) < 4.78 is 5.13. The number of nitrogens with zero attached hydrogens (tertiary/aromatic N) is 1. The highest BCUT2D eigenvalue weighted by Crippen LogP contribution is 2.54. The predicted molar refractivity (Wildman–Crippen MR) is 57.9 cm³/mol. The van der Waals surface area contributed by atoms with Gasteiger partial charge in [-0.25, -0.2) is 4.79 Å². The van der Waals surface area contributed by atoms with Gasteiger partial charge in [-0.2, -0.15) is 0 Å². The van der Waals surface area contributed by atoms with Crippen molar-refractivity contribution in [2.24, 2.45) is 11.8 Å². The average molecular weight is 225 g/mol. The number of rotatable bonds is 1. The van der Waals surface area contributed by atoms with Gasteiger partial charge in [0.15, 0.2) is 0 Å². The van der Waals surface area contributed by atoms with Crippen LogP contribution in [-0.4, -0.2) is 40.9 Å². The molecule has 4 unspecified atom stereocenters. The fourth-order valence-electron chi connectivity index (χ4n) is 3.86. The van der Waals surface area contributed by atoms with E-state index >= 15 is 0 Å². The zero-order chi connectivity index (χ0) is 11.3. The molecule has 2 bridgehead atoms. The number of fused-ring (bicyclic) bond motifs is 5. The van der Waals surface area contributed by atoms with E-state index in [-0.39, 0.29) is 24.3 Å². The third-order valence-corrected chi connectivity index (χ3v) is 4.59. The van der Waals surface area contributed by atoms with E-state index < -0.39 is 0 Å². The first kappa shape index (κ1) is 10.4. The Morgan fingerprint density at radius 2 is 1.88 bits per heavy atom. The Morgan fingerprint density at radius 3 is 2.31 bits per heavy atom. The molecule has 3 rings (SSSR count). The monoisotopic (exact) mass is 225 g/mol. The van der Waals surface area contributed by atoms with Crippen LogP contribution in [0.25, 0.3) is 0 Å². The van der Waals surface area contributed by atoms with Crippen LogP contribution >= 0.6 is 0 Å². The van der Waals surface area contributed by atoms with Gasteiger partial charge in [0, 0.05) is 12.1 Å². The van der Waals surface area contributed by atoms with Crippen molar-refractivity contribution >= 4 is 6.09 Å². The molecule has 2 saturated heterocycles. The summed E-state index contributed by atoms with van der Waals surface area (Å²) in [5.74, 6) is 1.26. The molecule has 16 heavy (non-hydrogen) atoms. The van der Waals surface area contributed by atoms with Crippen molar-refractivity contribution in [3.63, 3.8) is 0 Å². The third-order valence-electron chi connectivity index (χ3n) is 4.59. The van der Waals surface area contributed by atoms with E-state index in [0.29, 0.717) is 18.4 Å². The van der Waals surface area contributed by atoms with Crippen molar-refractivity contribution < 1.29 is 14.6 Å². The highest BCUT2D eigenvalue weighted by atomic mass is 16.6. The van der Waals surface area contributed by atoms with Gasteiger partial charge < -0.3 is 14.7 Å². The summed E-state index contributed by atoms with van der Waals surface area (Å²) >= 11 is 0. The number of piperidine rings is 1. The van der Waals surface area contributed by atoms with Crippen LogP contribution < -0.4 is 0 Å². The molecule has 5 atom stereocenters. The van der Waals surface area contributed by atoms with Gasteiger partial charge in [0.25, 0.3) is 0 Å². The van der Waals surface area contributed by atoms with Crippen LogP contribution in [0, 0.1) is 11.8 Å². The fraction of sp³-hybridized carbons (Fsp3) is 0.917. The predicted octanol–water partition coefficient (Wildman–Crippen LogP) is 1.38. The highest BCUT2D eigenvalue weighted by Gasteiger charge is 2.58. The summed E-state index contributed by atoms with van der Waals surface area (Å²) in [7, 11) is 0. The molecular weight excluding hydrogens is 206 g/mol. The first-order chi connectivity index (χ1) is 7.72. The second-order valence-corrected chi connectivity index (χ2v) is 5.27. The molecule has 1 amide bonds. The van der Waals surface area contributed by atoms with Crippen molar-refractivity contribution in [2.75, 3.05) is 6.61 Å². The second kappa shape index (κ2) is 3.62. The van der Waals surface area contributed by atoms with Crippen LogP contribution in [-0.2, 0) is 4.74 Å². The lowest BCUT2D eigenvalue weighted by molar-refractivity contribution is 0.0215. The van der Waals surface area contributed by atoms with Gasteiger partial charge in [-0.3, -0.25) is 0 Å². The SMILES string of the molecule is CCOC(=O)N1C2CC(O)CC1[C@H]1CCC21. The maximum absolute atomic E-state index is 11.9. The lowest BCUT2D eigenvalue weighted by atomic mass is 9.71. The highest BCUT2D eigenvalue weighted by molar-refractivity contribution is 5.69. The number of amides is 1. The normalized spacial score (nSPS) is 44.9. The van der Waals surface area contributed by atoms with Gasteiger partial charge in [-0.15, -0.1) is 0 Å². The Kier molecular flexibility index (Phi) is 2.35. The van der Waals surface area contributed by atoms with E-state index in [1.165, 1.54) is 12.8 Å². The Morgan fingerprint density at radius 1 is 1.31 bits per heavy atom. The van der Waals surface area contributed by atoms with E-state index in [4.69, 9.17) is 4.74 Å². The topological polar surface area (TPSA) is 49.8 Å². The molecule has 0 radical (unpaired) electrons. The number of hydrogen-bond donors (Lipinski definition) is 1. The molecule has 2 aliphatic heterocycles. The number of carbonyl (C=O) groups excluding carboxylic acids is 1. The molecule has 3 fully saturated rings. The first-order valence-corrected chi connectivity index (χ1v) is 6.35. The van der Waals surface area contributed by atoms with E-state index in [0.717, 1.165) is 12.8 Å². The van der Waals surface area contributed by atoms with E-state index in [1.807, 2.05) is 11.8 Å². The lowest BCUT2D eigenvalue weighted by Gasteiger charge is -2.36. The summed E-state index contributed by atoms with van der Waals surface area (Å²) in [5, 5.41) is 9.80. The Balaban J connectivity index is 1.82. The minimum absolute atomic E-state index is 0.168. The first-order valence-electron chi connectivity index (χ1n) is 6.35. The molecule has 0 aromatic carbocycles. The van der Waals surface area contributed by atoms with Gasteiger partial charge in [0.05, 0.1) is 12.7 Å². The van der Waals surface area contributed by atoms with Crippen LogP contribution in [0.1, 0.15) is 32.6 Å². The summed E-state index contributed by atoms with van der Waals surface area (Å²) in [6, 6.07) is 0.484. The molecule has 90 valence electrons. The van der Waals surface area contributed by atoms with Crippen molar-refractivity contribution in [1.82, 2.24) is 4.90 Å². The van der Waals surface area contributed by atoms with Gasteiger partial charge in [-0.05, 0) is 44.4 Å². The van der Waals surface area contributed by atoms with Gasteiger partial charge in [-0.1, -0.05) is 0 Å². The molecule has 4 nitrogen and oxygen atoms in total. The summed E-state index contributed by atoms with van der Waals surface area (Å²) in [6.07, 6.45) is 3.54. The van der Waals surface area contributed by atoms with E-state index in [9.17, 15) is 9.90 Å². The van der Waals surface area contributed by atoms with Crippen LogP contribution in [0.2, 0.25) is 0 Å². The number of aliphatic hydroxyl groups is 1. The molecule has 4 heteroatoms. The van der Waals surface area contributed by atoms with Crippen LogP contribution in [0.4, 0.5) is 4.79 Å².